The van der Waals surface area contributed by atoms with E-state index in [1.165, 1.54) is 17.0 Å². The number of ether oxygens (including phenoxy) is 1. The summed E-state index contributed by atoms with van der Waals surface area (Å²) in [4.78, 5) is 16.4. The number of carbonyl (C=O) groups is 1. The Morgan fingerprint density at radius 1 is 1.09 bits per heavy atom. The molecule has 0 aliphatic heterocycles. The molecule has 0 aliphatic carbocycles. The van der Waals surface area contributed by atoms with Crippen LogP contribution in [0, 0.1) is 0 Å². The Morgan fingerprint density at radius 2 is 1.78 bits per heavy atom. The molecule has 1 unspecified atom stereocenters. The number of nitrogens with zero attached hydrogens (tertiary/aromatic N) is 1. The lowest BCUT2D eigenvalue weighted by Gasteiger charge is -2.28. The second kappa shape index (κ2) is 10.8. The summed E-state index contributed by atoms with van der Waals surface area (Å²) in [6.07, 6.45) is 2.01. The zero-order chi connectivity index (χ0) is 23.1. The summed E-state index contributed by atoms with van der Waals surface area (Å²) in [5, 5.41) is 4.93. The molecule has 0 aliphatic rings. The van der Waals surface area contributed by atoms with Crippen molar-refractivity contribution in [1.29, 1.82) is 0 Å². The molecule has 0 radical (unpaired) electrons. The first-order valence-corrected chi connectivity index (χ1v) is 13.0. The highest BCUT2D eigenvalue weighted by atomic mass is 32.2. The van der Waals surface area contributed by atoms with Crippen molar-refractivity contribution < 1.29 is 17.9 Å². The van der Waals surface area contributed by atoms with E-state index in [0.29, 0.717) is 12.2 Å². The van der Waals surface area contributed by atoms with E-state index in [1.807, 2.05) is 30.3 Å². The number of thiophene rings is 1. The molecule has 0 fully saturated rings. The van der Waals surface area contributed by atoms with Gasteiger partial charge in [-0.25, -0.2) is 8.42 Å². The monoisotopic (exact) mass is 472 g/mol. The maximum absolute atomic E-state index is 12.8. The van der Waals surface area contributed by atoms with Gasteiger partial charge in [-0.1, -0.05) is 18.2 Å². The lowest BCUT2D eigenvalue weighted by molar-refractivity contribution is -0.118. The molecule has 170 valence electrons. The van der Waals surface area contributed by atoms with Crippen molar-refractivity contribution in [1.82, 2.24) is 4.90 Å². The van der Waals surface area contributed by atoms with E-state index in [1.54, 1.807) is 30.6 Å². The van der Waals surface area contributed by atoms with Crippen molar-refractivity contribution in [2.24, 2.45) is 0 Å². The number of nitrogens with one attached hydrogen (secondary N) is 1. The molecule has 6 nitrogen and oxygen atoms in total. The number of hydrogen-bond donors (Lipinski definition) is 1. The summed E-state index contributed by atoms with van der Waals surface area (Å²) in [6.45, 7) is 2.96. The van der Waals surface area contributed by atoms with Crippen molar-refractivity contribution in [2.75, 3.05) is 25.2 Å². The summed E-state index contributed by atoms with van der Waals surface area (Å²) in [7, 11) is -1.64. The number of sulfone groups is 1. The van der Waals surface area contributed by atoms with Gasteiger partial charge in [0.15, 0.2) is 9.84 Å². The fraction of sp³-hybridized carbons (Fsp3) is 0.292. The first kappa shape index (κ1) is 24.0. The zero-order valence-corrected chi connectivity index (χ0v) is 20.1. The van der Waals surface area contributed by atoms with Gasteiger partial charge in [-0.05, 0) is 66.8 Å². The molecule has 1 atom stereocenters. The van der Waals surface area contributed by atoms with Gasteiger partial charge < -0.3 is 10.1 Å². The Balaban J connectivity index is 1.70. The average molecular weight is 473 g/mol. The summed E-state index contributed by atoms with van der Waals surface area (Å²) in [5.74, 6) is 0.644. The molecule has 0 saturated carbocycles. The van der Waals surface area contributed by atoms with Crippen molar-refractivity contribution in [3.63, 3.8) is 0 Å². The molecule has 1 amide bonds. The molecule has 0 spiro atoms. The molecule has 1 aromatic heterocycles. The van der Waals surface area contributed by atoms with Gasteiger partial charge in [0.05, 0.1) is 18.6 Å². The van der Waals surface area contributed by atoms with Crippen LogP contribution >= 0.6 is 11.3 Å². The molecule has 32 heavy (non-hydrogen) atoms. The van der Waals surface area contributed by atoms with Crippen LogP contribution in [0.25, 0.3) is 0 Å². The largest absolute Gasteiger partial charge is 0.497 e. The Hall–Kier alpha value is -2.68. The maximum Gasteiger partial charge on any atom is 0.238 e. The summed E-state index contributed by atoms with van der Waals surface area (Å²) >= 11 is 1.71. The normalized spacial score (nSPS) is 12.5. The van der Waals surface area contributed by atoms with Crippen LogP contribution in [0.5, 0.6) is 5.75 Å². The van der Waals surface area contributed by atoms with E-state index < -0.39 is 9.84 Å². The minimum Gasteiger partial charge on any atom is -0.497 e. The van der Waals surface area contributed by atoms with Crippen LogP contribution in [-0.4, -0.2) is 45.2 Å². The predicted molar refractivity (Wildman–Crippen MR) is 129 cm³/mol. The SMILES string of the molecule is COc1ccc(CN(CC(=O)Nc2ccc(S(C)(=O)=O)cc2)C(C)Cc2cccs2)cc1. The fourth-order valence-electron chi connectivity index (χ4n) is 3.35. The lowest BCUT2D eigenvalue weighted by atomic mass is 10.1. The topological polar surface area (TPSA) is 75.7 Å². The van der Waals surface area contributed by atoms with E-state index in [-0.39, 0.29) is 23.4 Å². The van der Waals surface area contributed by atoms with E-state index in [2.05, 4.69) is 28.6 Å². The number of anilines is 1. The van der Waals surface area contributed by atoms with E-state index in [4.69, 9.17) is 4.74 Å². The van der Waals surface area contributed by atoms with E-state index in [0.717, 1.165) is 24.0 Å². The second-order valence-electron chi connectivity index (χ2n) is 7.73. The van der Waals surface area contributed by atoms with Crippen molar-refractivity contribution in [3.05, 3.63) is 76.5 Å². The molecule has 1 heterocycles. The van der Waals surface area contributed by atoms with Crippen LogP contribution in [0.4, 0.5) is 5.69 Å². The van der Waals surface area contributed by atoms with Gasteiger partial charge in [-0.15, -0.1) is 11.3 Å². The molecule has 1 N–H and O–H groups in total. The Bertz CT molecular complexity index is 1110. The second-order valence-corrected chi connectivity index (χ2v) is 10.8. The molecule has 8 heteroatoms. The van der Waals surface area contributed by atoms with Crippen molar-refractivity contribution in [3.8, 4) is 5.75 Å². The average Bonchev–Trinajstić information content (AvgIpc) is 3.26. The summed E-state index contributed by atoms with van der Waals surface area (Å²) < 4.78 is 28.5. The lowest BCUT2D eigenvalue weighted by Crippen LogP contribution is -2.40. The quantitative estimate of drug-likeness (QED) is 0.478. The molecular formula is C24H28N2O4S2. The third-order valence-electron chi connectivity index (χ3n) is 5.16. The van der Waals surface area contributed by atoms with Crippen LogP contribution in [0.2, 0.25) is 0 Å². The smallest absolute Gasteiger partial charge is 0.238 e. The third kappa shape index (κ3) is 6.91. The van der Waals surface area contributed by atoms with Crippen molar-refractivity contribution in [2.45, 2.75) is 30.8 Å². The standard InChI is InChI=1S/C24H28N2O4S2/c1-18(15-22-5-4-14-31-22)26(16-19-6-10-21(30-2)11-7-19)17-24(27)25-20-8-12-23(13-9-20)32(3,28)29/h4-14,18H,15-17H2,1-3H3,(H,25,27). The molecule has 0 saturated heterocycles. The Morgan fingerprint density at radius 3 is 2.34 bits per heavy atom. The molecular weight excluding hydrogens is 444 g/mol. The molecule has 3 aromatic rings. The Labute approximate surface area is 193 Å². The molecule has 3 rings (SSSR count). The first-order chi connectivity index (χ1) is 15.2. The minimum atomic E-state index is -3.27. The van der Waals surface area contributed by atoms with Crippen LogP contribution in [0.15, 0.2) is 70.9 Å². The van der Waals surface area contributed by atoms with Gasteiger partial charge in [0.25, 0.3) is 0 Å². The molecule has 2 aromatic carbocycles. The van der Waals surface area contributed by atoms with E-state index >= 15 is 0 Å². The number of carbonyl (C=O) groups excluding carboxylic acids is 1. The first-order valence-electron chi connectivity index (χ1n) is 10.2. The highest BCUT2D eigenvalue weighted by Crippen LogP contribution is 2.19. The number of methoxy groups -OCH3 is 1. The zero-order valence-electron chi connectivity index (χ0n) is 18.4. The van der Waals surface area contributed by atoms with Gasteiger partial charge in [0, 0.05) is 29.4 Å². The van der Waals surface area contributed by atoms with Crippen LogP contribution < -0.4 is 10.1 Å². The minimum absolute atomic E-state index is 0.147. The number of benzene rings is 2. The van der Waals surface area contributed by atoms with Gasteiger partial charge in [0.2, 0.25) is 5.91 Å². The molecule has 0 bridgehead atoms. The van der Waals surface area contributed by atoms with Crippen LogP contribution in [-0.2, 0) is 27.6 Å². The van der Waals surface area contributed by atoms with E-state index in [9.17, 15) is 13.2 Å². The maximum atomic E-state index is 12.8. The summed E-state index contributed by atoms with van der Waals surface area (Å²) in [6, 6.07) is 18.4. The van der Waals surface area contributed by atoms with Crippen LogP contribution in [0.3, 0.4) is 0 Å². The highest BCUT2D eigenvalue weighted by molar-refractivity contribution is 7.90. The summed E-state index contributed by atoms with van der Waals surface area (Å²) in [5.41, 5.74) is 1.66. The third-order valence-corrected chi connectivity index (χ3v) is 7.18. The number of hydrogen-bond acceptors (Lipinski definition) is 6. The van der Waals surface area contributed by atoms with Crippen molar-refractivity contribution >= 4 is 32.8 Å². The number of rotatable bonds is 10. The Kier molecular flexibility index (Phi) is 8.06. The van der Waals surface area contributed by atoms with Gasteiger partial charge >= 0.3 is 0 Å². The highest BCUT2D eigenvalue weighted by Gasteiger charge is 2.19. The van der Waals surface area contributed by atoms with Gasteiger partial charge in [-0.2, -0.15) is 0 Å². The van der Waals surface area contributed by atoms with Crippen LogP contribution in [0.1, 0.15) is 17.4 Å². The fourth-order valence-corrected chi connectivity index (χ4v) is 4.81. The van der Waals surface area contributed by atoms with Gasteiger partial charge in [0.1, 0.15) is 5.75 Å². The number of amides is 1. The van der Waals surface area contributed by atoms with Gasteiger partial charge in [-0.3, -0.25) is 9.69 Å². The predicted octanol–water partition coefficient (Wildman–Crippen LogP) is 4.23.